The summed E-state index contributed by atoms with van der Waals surface area (Å²) in [6.07, 6.45) is 5.57. The molecule has 0 spiro atoms. The molecule has 1 unspecified atom stereocenters. The Bertz CT molecular complexity index is 909. The van der Waals surface area contributed by atoms with Crippen LogP contribution in [-0.4, -0.2) is 61.1 Å². The number of aliphatic imine (C=N–C) groups is 1. The van der Waals surface area contributed by atoms with E-state index in [9.17, 15) is 14.3 Å². The van der Waals surface area contributed by atoms with Crippen LogP contribution in [0.25, 0.3) is 0 Å². The average Bonchev–Trinajstić information content (AvgIpc) is 2.76. The molecule has 3 rings (SSSR count). The molecule has 2 aliphatic heterocycles. The number of carboxylic acid groups (broad SMARTS) is 1. The van der Waals surface area contributed by atoms with Crippen molar-refractivity contribution in [2.24, 2.45) is 4.99 Å². The maximum absolute atomic E-state index is 14.1. The SMILES string of the molecule is C=C/C(CCCOC1CN(C(CC(=O)O)c2ccc(OC)c(F)c2)C1)=N\C1=C(C)CCCN1. The third-order valence-corrected chi connectivity index (χ3v) is 6.09. The number of rotatable bonds is 12. The van der Waals surface area contributed by atoms with E-state index in [0.717, 1.165) is 43.8 Å². The van der Waals surface area contributed by atoms with Gasteiger partial charge in [-0.1, -0.05) is 12.6 Å². The number of methoxy groups -OCH3 is 1. The molecule has 7 nitrogen and oxygen atoms in total. The van der Waals surface area contributed by atoms with Crippen LogP contribution in [0.1, 0.15) is 50.6 Å². The lowest BCUT2D eigenvalue weighted by atomic mass is 9.97. The number of aliphatic carboxylic acids is 1. The van der Waals surface area contributed by atoms with Crippen LogP contribution in [0.3, 0.4) is 0 Å². The van der Waals surface area contributed by atoms with Crippen LogP contribution in [0.2, 0.25) is 0 Å². The highest BCUT2D eigenvalue weighted by molar-refractivity contribution is 5.95. The van der Waals surface area contributed by atoms with E-state index in [1.807, 2.05) is 4.90 Å². The molecule has 1 fully saturated rings. The van der Waals surface area contributed by atoms with Gasteiger partial charge in [-0.15, -0.1) is 0 Å². The highest BCUT2D eigenvalue weighted by Gasteiger charge is 2.35. The Labute approximate surface area is 195 Å². The molecule has 2 heterocycles. The first-order chi connectivity index (χ1) is 15.9. The number of carbonyl (C=O) groups is 1. The first-order valence-corrected chi connectivity index (χ1v) is 11.5. The third-order valence-electron chi connectivity index (χ3n) is 6.09. The number of carboxylic acids is 1. The van der Waals surface area contributed by atoms with Gasteiger partial charge in [-0.25, -0.2) is 9.38 Å². The largest absolute Gasteiger partial charge is 0.494 e. The van der Waals surface area contributed by atoms with Crippen molar-refractivity contribution in [3.8, 4) is 5.75 Å². The fourth-order valence-electron chi connectivity index (χ4n) is 4.16. The van der Waals surface area contributed by atoms with Crippen LogP contribution >= 0.6 is 0 Å². The summed E-state index contributed by atoms with van der Waals surface area (Å²) >= 11 is 0. The van der Waals surface area contributed by atoms with Crippen molar-refractivity contribution >= 4 is 11.7 Å². The zero-order valence-electron chi connectivity index (χ0n) is 19.5. The first-order valence-electron chi connectivity index (χ1n) is 11.5. The van der Waals surface area contributed by atoms with E-state index >= 15 is 0 Å². The second kappa shape index (κ2) is 12.0. The summed E-state index contributed by atoms with van der Waals surface area (Å²) in [6, 6.07) is 4.21. The molecule has 2 aliphatic rings. The van der Waals surface area contributed by atoms with Crippen molar-refractivity contribution in [2.45, 2.75) is 51.2 Å². The Morgan fingerprint density at radius 1 is 1.45 bits per heavy atom. The van der Waals surface area contributed by atoms with E-state index in [1.165, 1.54) is 24.8 Å². The molecule has 0 amide bonds. The molecular formula is C25H34FN3O4. The van der Waals surface area contributed by atoms with Crippen LogP contribution in [-0.2, 0) is 9.53 Å². The maximum atomic E-state index is 14.1. The third kappa shape index (κ3) is 6.88. The molecule has 0 radical (unpaired) electrons. The van der Waals surface area contributed by atoms with Gasteiger partial charge in [0, 0.05) is 38.0 Å². The van der Waals surface area contributed by atoms with Crippen molar-refractivity contribution in [1.29, 1.82) is 0 Å². The first kappa shape index (κ1) is 24.9. The van der Waals surface area contributed by atoms with Crippen LogP contribution in [0.4, 0.5) is 4.39 Å². The van der Waals surface area contributed by atoms with Gasteiger partial charge < -0.3 is 19.9 Å². The molecule has 1 atom stereocenters. The molecule has 0 saturated carbocycles. The number of nitrogens with one attached hydrogen (secondary N) is 1. The van der Waals surface area contributed by atoms with E-state index in [2.05, 4.69) is 18.8 Å². The Morgan fingerprint density at radius 3 is 2.88 bits per heavy atom. The summed E-state index contributed by atoms with van der Waals surface area (Å²) in [6.45, 7) is 8.76. The molecule has 33 heavy (non-hydrogen) atoms. The van der Waals surface area contributed by atoms with Crippen molar-refractivity contribution in [3.63, 3.8) is 0 Å². The highest BCUT2D eigenvalue weighted by atomic mass is 19.1. The molecule has 0 bridgehead atoms. The lowest BCUT2D eigenvalue weighted by Gasteiger charge is -2.43. The number of benzene rings is 1. The van der Waals surface area contributed by atoms with Crippen LogP contribution in [0.15, 0.2) is 47.2 Å². The van der Waals surface area contributed by atoms with Gasteiger partial charge >= 0.3 is 5.97 Å². The molecule has 180 valence electrons. The lowest BCUT2D eigenvalue weighted by Crippen LogP contribution is -2.53. The number of ether oxygens (including phenoxy) is 2. The van der Waals surface area contributed by atoms with Crippen molar-refractivity contribution in [3.05, 3.63) is 53.6 Å². The van der Waals surface area contributed by atoms with Gasteiger partial charge in [-0.3, -0.25) is 9.69 Å². The molecule has 2 N–H and O–H groups in total. The topological polar surface area (TPSA) is 83.4 Å². The Hall–Kier alpha value is -2.71. The molecule has 8 heteroatoms. The number of likely N-dealkylation sites (tertiary alicyclic amines) is 1. The van der Waals surface area contributed by atoms with E-state index in [4.69, 9.17) is 14.5 Å². The maximum Gasteiger partial charge on any atom is 0.305 e. The zero-order valence-corrected chi connectivity index (χ0v) is 19.5. The Kier molecular flexibility index (Phi) is 9.03. The van der Waals surface area contributed by atoms with Crippen molar-refractivity contribution < 1.29 is 23.8 Å². The number of hydrogen-bond acceptors (Lipinski definition) is 6. The molecule has 0 aliphatic carbocycles. The van der Waals surface area contributed by atoms with Gasteiger partial charge in [0.1, 0.15) is 5.82 Å². The molecule has 1 aromatic rings. The minimum Gasteiger partial charge on any atom is -0.494 e. The minimum absolute atomic E-state index is 0.0403. The normalized spacial score (nSPS) is 18.5. The lowest BCUT2D eigenvalue weighted by molar-refractivity contribution is -0.140. The second-order valence-corrected chi connectivity index (χ2v) is 8.52. The summed E-state index contributed by atoms with van der Waals surface area (Å²) in [7, 11) is 1.40. The molecule has 1 aromatic carbocycles. The predicted molar refractivity (Wildman–Crippen MR) is 126 cm³/mol. The summed E-state index contributed by atoms with van der Waals surface area (Å²) in [5, 5.41) is 12.7. The quantitative estimate of drug-likeness (QED) is 0.362. The fourth-order valence-corrected chi connectivity index (χ4v) is 4.16. The van der Waals surface area contributed by atoms with Crippen LogP contribution < -0.4 is 10.1 Å². The fraction of sp³-hybridized carbons (Fsp3) is 0.520. The summed E-state index contributed by atoms with van der Waals surface area (Å²) in [4.78, 5) is 18.1. The standard InChI is InChI=1S/C25H34FN3O4/c1-4-19(28-25-17(2)7-5-11-27-25)8-6-12-33-20-15-29(16-20)22(14-24(30)31)18-9-10-23(32-3)21(26)13-18/h4,9-10,13,20,22,27H,1,5-8,11-12,14-16H2,2-3H3,(H,30,31)/b28-19+. The number of nitrogens with zero attached hydrogens (tertiary/aromatic N) is 2. The Morgan fingerprint density at radius 2 is 2.24 bits per heavy atom. The van der Waals surface area contributed by atoms with Gasteiger partial charge in [-0.05, 0) is 62.0 Å². The van der Waals surface area contributed by atoms with E-state index in [0.29, 0.717) is 25.3 Å². The van der Waals surface area contributed by atoms with E-state index in [1.54, 1.807) is 12.1 Å². The molecule has 0 aromatic heterocycles. The van der Waals surface area contributed by atoms with Gasteiger partial charge in [0.25, 0.3) is 0 Å². The van der Waals surface area contributed by atoms with Crippen molar-refractivity contribution in [1.82, 2.24) is 10.2 Å². The van der Waals surface area contributed by atoms with Gasteiger partial charge in [-0.2, -0.15) is 0 Å². The zero-order chi connectivity index (χ0) is 23.8. The van der Waals surface area contributed by atoms with Crippen LogP contribution in [0.5, 0.6) is 5.75 Å². The smallest absolute Gasteiger partial charge is 0.305 e. The monoisotopic (exact) mass is 459 g/mol. The van der Waals surface area contributed by atoms with Crippen molar-refractivity contribution in [2.75, 3.05) is 33.4 Å². The predicted octanol–water partition coefficient (Wildman–Crippen LogP) is 4.07. The van der Waals surface area contributed by atoms with Gasteiger partial charge in [0.05, 0.1) is 19.6 Å². The van der Waals surface area contributed by atoms with E-state index in [-0.39, 0.29) is 18.3 Å². The van der Waals surface area contributed by atoms with Gasteiger partial charge in [0.2, 0.25) is 0 Å². The minimum atomic E-state index is -0.922. The number of hydrogen-bond donors (Lipinski definition) is 2. The van der Waals surface area contributed by atoms with Gasteiger partial charge in [0.15, 0.2) is 11.6 Å². The molecular weight excluding hydrogens is 425 g/mol. The Balaban J connectivity index is 1.47. The average molecular weight is 460 g/mol. The molecule has 1 saturated heterocycles. The summed E-state index contributed by atoms with van der Waals surface area (Å²) in [5.41, 5.74) is 2.85. The van der Waals surface area contributed by atoms with Crippen LogP contribution in [0, 0.1) is 5.82 Å². The summed E-state index contributed by atoms with van der Waals surface area (Å²) < 4.78 is 25.1. The highest BCUT2D eigenvalue weighted by Crippen LogP contribution is 2.32. The number of halogens is 1. The number of allylic oxidation sites excluding steroid dienone is 2. The van der Waals surface area contributed by atoms with E-state index < -0.39 is 17.8 Å². The summed E-state index contributed by atoms with van der Waals surface area (Å²) in [5.74, 6) is -0.306. The second-order valence-electron chi connectivity index (χ2n) is 8.52.